The van der Waals surface area contributed by atoms with Gasteiger partial charge in [-0.15, -0.1) is 5.10 Å². The summed E-state index contributed by atoms with van der Waals surface area (Å²) in [6.45, 7) is 8.66. The van der Waals surface area contributed by atoms with Crippen LogP contribution in [0.2, 0.25) is 0 Å². The maximum absolute atomic E-state index is 4.30. The number of aryl methyl sites for hydroxylation is 1. The zero-order valence-electron chi connectivity index (χ0n) is 11.6. The van der Waals surface area contributed by atoms with Gasteiger partial charge in [0, 0.05) is 16.8 Å². The molecule has 0 radical (unpaired) electrons. The lowest BCUT2D eigenvalue weighted by molar-refractivity contribution is 0.493. The molecular weight excluding hydrogens is 222 g/mol. The van der Waals surface area contributed by atoms with Crippen LogP contribution in [0.4, 0.5) is 5.82 Å². The van der Waals surface area contributed by atoms with Crippen molar-refractivity contribution in [1.29, 1.82) is 0 Å². The zero-order valence-corrected chi connectivity index (χ0v) is 11.6. The highest BCUT2D eigenvalue weighted by molar-refractivity contribution is 5.92. The molecule has 2 unspecified atom stereocenters. The number of anilines is 1. The lowest BCUT2D eigenvalue weighted by atomic mass is 10.0. The number of aromatic nitrogens is 2. The van der Waals surface area contributed by atoms with Crippen LogP contribution >= 0.6 is 0 Å². The molecule has 0 bridgehead atoms. The number of nitrogens with zero attached hydrogens (tertiary/aromatic N) is 2. The number of benzene rings is 1. The van der Waals surface area contributed by atoms with E-state index in [0.29, 0.717) is 12.0 Å². The topological polar surface area (TPSA) is 37.8 Å². The summed E-state index contributed by atoms with van der Waals surface area (Å²) >= 11 is 0. The Balaban J connectivity index is 2.37. The van der Waals surface area contributed by atoms with Gasteiger partial charge in [-0.25, -0.2) is 0 Å². The van der Waals surface area contributed by atoms with Crippen molar-refractivity contribution in [3.05, 3.63) is 30.0 Å². The molecular formula is C15H21N3. The van der Waals surface area contributed by atoms with Crippen LogP contribution in [0.3, 0.4) is 0 Å². The van der Waals surface area contributed by atoms with Gasteiger partial charge in [-0.1, -0.05) is 44.5 Å². The van der Waals surface area contributed by atoms with Gasteiger partial charge in [0.25, 0.3) is 0 Å². The first-order valence-corrected chi connectivity index (χ1v) is 6.62. The molecule has 0 aliphatic rings. The lowest BCUT2D eigenvalue weighted by Crippen LogP contribution is -2.24. The van der Waals surface area contributed by atoms with Gasteiger partial charge in [0.1, 0.15) is 0 Å². The Morgan fingerprint density at radius 3 is 2.44 bits per heavy atom. The minimum atomic E-state index is 0.399. The highest BCUT2D eigenvalue weighted by Gasteiger charge is 2.13. The standard InChI is InChI=1S/C15H21N3/c1-5-10(2)11(3)16-15-14-9-7-6-8-13(14)12(4)17-18-15/h6-11H,5H2,1-4H3,(H,16,18). The maximum Gasteiger partial charge on any atom is 0.156 e. The molecule has 0 saturated carbocycles. The highest BCUT2D eigenvalue weighted by atomic mass is 15.2. The molecule has 3 heteroatoms. The van der Waals surface area contributed by atoms with Crippen LogP contribution in [0.1, 0.15) is 32.9 Å². The van der Waals surface area contributed by atoms with Crippen LogP contribution in [0.25, 0.3) is 10.8 Å². The molecule has 2 rings (SSSR count). The van der Waals surface area contributed by atoms with E-state index in [4.69, 9.17) is 0 Å². The molecule has 2 aromatic rings. The molecule has 18 heavy (non-hydrogen) atoms. The molecule has 3 nitrogen and oxygen atoms in total. The van der Waals surface area contributed by atoms with E-state index < -0.39 is 0 Å². The Labute approximate surface area is 109 Å². The van der Waals surface area contributed by atoms with Gasteiger partial charge in [0.15, 0.2) is 5.82 Å². The summed E-state index contributed by atoms with van der Waals surface area (Å²) in [5.74, 6) is 1.51. The highest BCUT2D eigenvalue weighted by Crippen LogP contribution is 2.24. The van der Waals surface area contributed by atoms with Gasteiger partial charge in [-0.3, -0.25) is 0 Å². The molecule has 2 atom stereocenters. The average Bonchev–Trinajstić information content (AvgIpc) is 2.41. The van der Waals surface area contributed by atoms with E-state index in [9.17, 15) is 0 Å². The van der Waals surface area contributed by atoms with Crippen molar-refractivity contribution in [2.24, 2.45) is 5.92 Å². The number of nitrogens with one attached hydrogen (secondary N) is 1. The van der Waals surface area contributed by atoms with Crippen molar-refractivity contribution in [3.8, 4) is 0 Å². The monoisotopic (exact) mass is 243 g/mol. The first-order valence-electron chi connectivity index (χ1n) is 6.62. The minimum Gasteiger partial charge on any atom is -0.365 e. The molecule has 0 aliphatic carbocycles. The van der Waals surface area contributed by atoms with Crippen LogP contribution < -0.4 is 5.32 Å². The van der Waals surface area contributed by atoms with E-state index in [2.05, 4.69) is 48.4 Å². The van der Waals surface area contributed by atoms with Crippen molar-refractivity contribution in [2.45, 2.75) is 40.2 Å². The van der Waals surface area contributed by atoms with E-state index in [1.807, 2.05) is 19.1 Å². The first-order chi connectivity index (χ1) is 8.63. The van der Waals surface area contributed by atoms with E-state index >= 15 is 0 Å². The third-order valence-electron chi connectivity index (χ3n) is 3.73. The van der Waals surface area contributed by atoms with Gasteiger partial charge in [-0.05, 0) is 19.8 Å². The summed E-state index contributed by atoms with van der Waals surface area (Å²) < 4.78 is 0. The lowest BCUT2D eigenvalue weighted by Gasteiger charge is -2.21. The van der Waals surface area contributed by atoms with Crippen molar-refractivity contribution in [3.63, 3.8) is 0 Å². The summed E-state index contributed by atoms with van der Waals surface area (Å²) in [6.07, 6.45) is 1.16. The smallest absolute Gasteiger partial charge is 0.156 e. The fraction of sp³-hybridized carbons (Fsp3) is 0.467. The summed E-state index contributed by atoms with van der Waals surface area (Å²) in [7, 11) is 0. The van der Waals surface area contributed by atoms with Gasteiger partial charge in [-0.2, -0.15) is 5.10 Å². The third-order valence-corrected chi connectivity index (χ3v) is 3.73. The van der Waals surface area contributed by atoms with Crippen LogP contribution in [0.15, 0.2) is 24.3 Å². The maximum atomic E-state index is 4.30. The van der Waals surface area contributed by atoms with Crippen molar-refractivity contribution >= 4 is 16.6 Å². The van der Waals surface area contributed by atoms with Crippen molar-refractivity contribution < 1.29 is 0 Å². The Morgan fingerprint density at radius 2 is 1.78 bits per heavy atom. The van der Waals surface area contributed by atoms with E-state index in [1.165, 1.54) is 5.39 Å². The minimum absolute atomic E-state index is 0.399. The number of hydrogen-bond acceptors (Lipinski definition) is 3. The van der Waals surface area contributed by atoms with Crippen molar-refractivity contribution in [1.82, 2.24) is 10.2 Å². The molecule has 96 valence electrons. The van der Waals surface area contributed by atoms with E-state index in [1.54, 1.807) is 0 Å². The van der Waals surface area contributed by atoms with E-state index in [-0.39, 0.29) is 0 Å². The number of fused-ring (bicyclic) bond motifs is 1. The molecule has 0 amide bonds. The van der Waals surface area contributed by atoms with Crippen LogP contribution in [-0.2, 0) is 0 Å². The first kappa shape index (κ1) is 12.8. The predicted octanol–water partition coefficient (Wildman–Crippen LogP) is 3.78. The Bertz CT molecular complexity index is 536. The number of rotatable bonds is 4. The molecule has 0 saturated heterocycles. The van der Waals surface area contributed by atoms with Crippen LogP contribution in [0.5, 0.6) is 0 Å². The Kier molecular flexibility index (Phi) is 3.80. The quantitative estimate of drug-likeness (QED) is 0.888. The van der Waals surface area contributed by atoms with E-state index in [0.717, 1.165) is 23.3 Å². The van der Waals surface area contributed by atoms with Gasteiger partial charge in [0.2, 0.25) is 0 Å². The summed E-state index contributed by atoms with van der Waals surface area (Å²) in [5, 5.41) is 14.3. The second-order valence-corrected chi connectivity index (χ2v) is 5.00. The van der Waals surface area contributed by atoms with Gasteiger partial charge >= 0.3 is 0 Å². The zero-order chi connectivity index (χ0) is 13.1. The summed E-state index contributed by atoms with van der Waals surface area (Å²) in [5.41, 5.74) is 0.979. The molecule has 1 heterocycles. The second-order valence-electron chi connectivity index (χ2n) is 5.00. The van der Waals surface area contributed by atoms with Gasteiger partial charge < -0.3 is 5.32 Å². The SMILES string of the molecule is CCC(C)C(C)Nc1nnc(C)c2ccccc12. The third kappa shape index (κ3) is 2.45. The average molecular weight is 243 g/mol. The fourth-order valence-corrected chi connectivity index (χ4v) is 2.06. The number of hydrogen-bond donors (Lipinski definition) is 1. The Hall–Kier alpha value is -1.64. The van der Waals surface area contributed by atoms with Crippen molar-refractivity contribution in [2.75, 3.05) is 5.32 Å². The molecule has 1 N–H and O–H groups in total. The second kappa shape index (κ2) is 5.34. The molecule has 0 aliphatic heterocycles. The fourth-order valence-electron chi connectivity index (χ4n) is 2.06. The summed E-state index contributed by atoms with van der Waals surface area (Å²) in [4.78, 5) is 0. The summed E-state index contributed by atoms with van der Waals surface area (Å²) in [6, 6.07) is 8.68. The van der Waals surface area contributed by atoms with Crippen LogP contribution in [0, 0.1) is 12.8 Å². The Morgan fingerprint density at radius 1 is 1.11 bits per heavy atom. The molecule has 1 aromatic heterocycles. The predicted molar refractivity (Wildman–Crippen MR) is 76.8 cm³/mol. The normalized spacial score (nSPS) is 14.4. The molecule has 0 fully saturated rings. The van der Waals surface area contributed by atoms with Gasteiger partial charge in [0.05, 0.1) is 5.69 Å². The molecule has 0 spiro atoms. The van der Waals surface area contributed by atoms with Crippen LogP contribution in [-0.4, -0.2) is 16.2 Å². The molecule has 1 aromatic carbocycles. The largest absolute Gasteiger partial charge is 0.365 e.